The van der Waals surface area contributed by atoms with Crippen LogP contribution in [0, 0.1) is 12.8 Å². The van der Waals surface area contributed by atoms with Crippen LogP contribution < -0.4 is 10.6 Å². The second-order valence-corrected chi connectivity index (χ2v) is 6.46. The molecule has 1 aromatic rings. The van der Waals surface area contributed by atoms with Crippen LogP contribution in [0.1, 0.15) is 60.9 Å². The summed E-state index contributed by atoms with van der Waals surface area (Å²) >= 11 is 0. The predicted molar refractivity (Wildman–Crippen MR) is 92.3 cm³/mol. The largest absolute Gasteiger partial charge is 0.354 e. The van der Waals surface area contributed by atoms with Gasteiger partial charge in [-0.15, -0.1) is 0 Å². The molecule has 0 radical (unpaired) electrons. The van der Waals surface area contributed by atoms with Gasteiger partial charge in [-0.2, -0.15) is 0 Å². The maximum absolute atomic E-state index is 12.0. The first kappa shape index (κ1) is 17.5. The van der Waals surface area contributed by atoms with Crippen LogP contribution >= 0.6 is 0 Å². The number of amides is 2. The number of benzene rings is 1. The summed E-state index contributed by atoms with van der Waals surface area (Å²) in [4.78, 5) is 23.8. The lowest BCUT2D eigenvalue weighted by Gasteiger charge is -2.21. The van der Waals surface area contributed by atoms with E-state index in [9.17, 15) is 9.59 Å². The zero-order valence-corrected chi connectivity index (χ0v) is 14.1. The van der Waals surface area contributed by atoms with Crippen LogP contribution in [0.3, 0.4) is 0 Å². The minimum atomic E-state index is -0.0837. The summed E-state index contributed by atoms with van der Waals surface area (Å²) in [6, 6.07) is 7.50. The maximum Gasteiger partial charge on any atom is 0.251 e. The van der Waals surface area contributed by atoms with Crippen LogP contribution in [0.25, 0.3) is 0 Å². The van der Waals surface area contributed by atoms with Gasteiger partial charge in [-0.1, -0.05) is 50.3 Å². The van der Waals surface area contributed by atoms with Crippen molar-refractivity contribution in [1.82, 2.24) is 10.6 Å². The Bertz CT molecular complexity index is 522. The molecule has 0 spiro atoms. The quantitative estimate of drug-likeness (QED) is 0.759. The van der Waals surface area contributed by atoms with E-state index in [0.717, 1.165) is 17.9 Å². The van der Waals surface area contributed by atoms with E-state index in [1.165, 1.54) is 32.1 Å². The van der Waals surface area contributed by atoms with E-state index in [-0.39, 0.29) is 11.8 Å². The Labute approximate surface area is 139 Å². The fourth-order valence-electron chi connectivity index (χ4n) is 3.20. The second kappa shape index (κ2) is 9.33. The standard InChI is InChI=1S/C19H28N2O2/c1-15-7-5-6-10-17(15)19(23)21-14-13-20-18(22)12-11-16-8-3-2-4-9-16/h5-7,10,16H,2-4,8-9,11-14H2,1H3,(H,20,22)(H,21,23). The van der Waals surface area contributed by atoms with E-state index in [1.54, 1.807) is 0 Å². The zero-order chi connectivity index (χ0) is 16.5. The van der Waals surface area contributed by atoms with Crippen molar-refractivity contribution in [3.63, 3.8) is 0 Å². The lowest BCUT2D eigenvalue weighted by molar-refractivity contribution is -0.121. The number of carbonyl (C=O) groups is 2. The molecule has 2 amide bonds. The molecule has 2 N–H and O–H groups in total. The Balaban J connectivity index is 1.58. The third kappa shape index (κ3) is 6.05. The molecule has 4 nitrogen and oxygen atoms in total. The summed E-state index contributed by atoms with van der Waals surface area (Å²) in [7, 11) is 0. The zero-order valence-electron chi connectivity index (χ0n) is 14.1. The van der Waals surface area contributed by atoms with Crippen molar-refractivity contribution in [3.8, 4) is 0 Å². The molecule has 0 unspecified atom stereocenters. The van der Waals surface area contributed by atoms with Gasteiger partial charge >= 0.3 is 0 Å². The molecule has 1 aliphatic rings. The van der Waals surface area contributed by atoms with Crippen LogP contribution in [-0.2, 0) is 4.79 Å². The van der Waals surface area contributed by atoms with Crippen LogP contribution in [-0.4, -0.2) is 24.9 Å². The average molecular weight is 316 g/mol. The molecule has 0 atom stereocenters. The third-order valence-corrected chi connectivity index (χ3v) is 4.63. The molecular formula is C19H28N2O2. The topological polar surface area (TPSA) is 58.2 Å². The van der Waals surface area contributed by atoms with Crippen LogP contribution in [0.2, 0.25) is 0 Å². The highest BCUT2D eigenvalue weighted by Gasteiger charge is 2.14. The van der Waals surface area contributed by atoms with Crippen LogP contribution in [0.5, 0.6) is 0 Å². The smallest absolute Gasteiger partial charge is 0.251 e. The van der Waals surface area contributed by atoms with Gasteiger partial charge in [-0.3, -0.25) is 9.59 Å². The van der Waals surface area contributed by atoms with Crippen molar-refractivity contribution in [1.29, 1.82) is 0 Å². The molecule has 0 heterocycles. The minimum Gasteiger partial charge on any atom is -0.354 e. The highest BCUT2D eigenvalue weighted by atomic mass is 16.2. The van der Waals surface area contributed by atoms with Gasteiger partial charge in [0, 0.05) is 25.1 Å². The van der Waals surface area contributed by atoms with Gasteiger partial charge in [0.2, 0.25) is 5.91 Å². The number of aryl methyl sites for hydroxylation is 1. The Morgan fingerprint density at radius 1 is 1.04 bits per heavy atom. The first-order valence-corrected chi connectivity index (χ1v) is 8.77. The van der Waals surface area contributed by atoms with Crippen molar-refractivity contribution < 1.29 is 9.59 Å². The summed E-state index contributed by atoms with van der Waals surface area (Å²) in [6.45, 7) is 2.87. The molecule has 4 heteroatoms. The highest BCUT2D eigenvalue weighted by Crippen LogP contribution is 2.27. The fraction of sp³-hybridized carbons (Fsp3) is 0.579. The summed E-state index contributed by atoms with van der Waals surface area (Å²) in [5.74, 6) is 0.746. The highest BCUT2D eigenvalue weighted by molar-refractivity contribution is 5.95. The molecule has 0 saturated heterocycles. The molecule has 1 aliphatic carbocycles. The van der Waals surface area contributed by atoms with E-state index in [1.807, 2.05) is 31.2 Å². The van der Waals surface area contributed by atoms with Crippen molar-refractivity contribution in [3.05, 3.63) is 35.4 Å². The molecule has 1 fully saturated rings. The molecule has 1 saturated carbocycles. The molecule has 23 heavy (non-hydrogen) atoms. The van der Waals surface area contributed by atoms with Gasteiger partial charge in [-0.25, -0.2) is 0 Å². The second-order valence-electron chi connectivity index (χ2n) is 6.46. The molecule has 0 aliphatic heterocycles. The number of rotatable bonds is 7. The van der Waals surface area contributed by atoms with Gasteiger partial charge in [0.15, 0.2) is 0 Å². The van der Waals surface area contributed by atoms with E-state index in [0.29, 0.717) is 25.1 Å². The molecule has 0 aromatic heterocycles. The number of hydrogen-bond acceptors (Lipinski definition) is 2. The van der Waals surface area contributed by atoms with Crippen LogP contribution in [0.15, 0.2) is 24.3 Å². The lowest BCUT2D eigenvalue weighted by atomic mass is 9.86. The van der Waals surface area contributed by atoms with Crippen LogP contribution in [0.4, 0.5) is 0 Å². The minimum absolute atomic E-state index is 0.0837. The first-order chi connectivity index (χ1) is 11.2. The molecule has 1 aromatic carbocycles. The van der Waals surface area contributed by atoms with Gasteiger partial charge < -0.3 is 10.6 Å². The van der Waals surface area contributed by atoms with E-state index in [4.69, 9.17) is 0 Å². The van der Waals surface area contributed by atoms with Crippen molar-refractivity contribution >= 4 is 11.8 Å². The molecule has 2 rings (SSSR count). The fourth-order valence-corrected chi connectivity index (χ4v) is 3.20. The maximum atomic E-state index is 12.0. The first-order valence-electron chi connectivity index (χ1n) is 8.77. The third-order valence-electron chi connectivity index (χ3n) is 4.63. The van der Waals surface area contributed by atoms with Crippen molar-refractivity contribution in [2.24, 2.45) is 5.92 Å². The number of hydrogen-bond donors (Lipinski definition) is 2. The van der Waals surface area contributed by atoms with Gasteiger partial charge in [0.1, 0.15) is 0 Å². The number of carbonyl (C=O) groups excluding carboxylic acids is 2. The lowest BCUT2D eigenvalue weighted by Crippen LogP contribution is -2.35. The predicted octanol–water partition coefficient (Wildman–Crippen LogP) is 3.20. The van der Waals surface area contributed by atoms with Gasteiger partial charge in [-0.05, 0) is 30.9 Å². The van der Waals surface area contributed by atoms with E-state index in [2.05, 4.69) is 10.6 Å². The normalized spacial score (nSPS) is 15.2. The average Bonchev–Trinajstić information content (AvgIpc) is 2.58. The Morgan fingerprint density at radius 2 is 1.74 bits per heavy atom. The summed E-state index contributed by atoms with van der Waals surface area (Å²) < 4.78 is 0. The number of nitrogens with one attached hydrogen (secondary N) is 2. The van der Waals surface area contributed by atoms with Crippen molar-refractivity contribution in [2.75, 3.05) is 13.1 Å². The Hall–Kier alpha value is -1.84. The molecular weight excluding hydrogens is 288 g/mol. The Kier molecular flexibility index (Phi) is 7.11. The SMILES string of the molecule is Cc1ccccc1C(=O)NCCNC(=O)CCC1CCCCC1. The molecule has 126 valence electrons. The molecule has 0 bridgehead atoms. The van der Waals surface area contributed by atoms with Gasteiger partial charge in [0.05, 0.1) is 0 Å². The van der Waals surface area contributed by atoms with E-state index >= 15 is 0 Å². The summed E-state index contributed by atoms with van der Waals surface area (Å²) in [6.07, 6.45) is 8.15. The summed E-state index contributed by atoms with van der Waals surface area (Å²) in [5.41, 5.74) is 1.65. The van der Waals surface area contributed by atoms with E-state index < -0.39 is 0 Å². The monoisotopic (exact) mass is 316 g/mol. The van der Waals surface area contributed by atoms with Crippen molar-refractivity contribution in [2.45, 2.75) is 51.9 Å². The Morgan fingerprint density at radius 3 is 2.48 bits per heavy atom. The van der Waals surface area contributed by atoms with Gasteiger partial charge in [0.25, 0.3) is 5.91 Å². The summed E-state index contributed by atoms with van der Waals surface area (Å²) in [5, 5.41) is 5.74.